The smallest absolute Gasteiger partial charge is 0.326 e. The molecule has 1 amide bonds. The van der Waals surface area contributed by atoms with Gasteiger partial charge in [0, 0.05) is 6.20 Å². The number of aromatic amines is 1. The quantitative estimate of drug-likeness (QED) is 0.685. The van der Waals surface area contributed by atoms with Gasteiger partial charge in [-0.15, -0.1) is 0 Å². The summed E-state index contributed by atoms with van der Waals surface area (Å²) in [5.74, 6) is -1.57. The van der Waals surface area contributed by atoms with Crippen LogP contribution in [0.1, 0.15) is 30.6 Å². The zero-order valence-electron chi connectivity index (χ0n) is 9.23. The Morgan fingerprint density at radius 3 is 2.75 bits per heavy atom. The molecule has 1 unspecified atom stereocenters. The molecular formula is C10H15N3O3. The monoisotopic (exact) mass is 225 g/mol. The maximum absolute atomic E-state index is 11.6. The van der Waals surface area contributed by atoms with Crippen LogP contribution in [0.25, 0.3) is 0 Å². The Morgan fingerprint density at radius 2 is 2.31 bits per heavy atom. The van der Waals surface area contributed by atoms with Crippen LogP contribution in [0.5, 0.6) is 0 Å². The number of nitrogens with zero attached hydrogens (tertiary/aromatic N) is 1. The molecule has 16 heavy (non-hydrogen) atoms. The number of hydrogen-bond acceptors (Lipinski definition) is 3. The van der Waals surface area contributed by atoms with Crippen LogP contribution >= 0.6 is 0 Å². The summed E-state index contributed by atoms with van der Waals surface area (Å²) >= 11 is 0. The lowest BCUT2D eigenvalue weighted by Crippen LogP contribution is -2.44. The molecule has 88 valence electrons. The number of carboxylic acid groups (broad SMARTS) is 1. The van der Waals surface area contributed by atoms with E-state index >= 15 is 0 Å². The maximum Gasteiger partial charge on any atom is 0.326 e. The second-order valence-electron chi connectivity index (χ2n) is 3.66. The molecular weight excluding hydrogens is 210 g/mol. The van der Waals surface area contributed by atoms with Crippen LogP contribution in [0.2, 0.25) is 0 Å². The Labute approximate surface area is 93.1 Å². The van der Waals surface area contributed by atoms with E-state index in [2.05, 4.69) is 15.5 Å². The molecule has 1 aromatic rings. The molecule has 1 aromatic heterocycles. The van der Waals surface area contributed by atoms with Crippen molar-refractivity contribution in [3.8, 4) is 0 Å². The number of carbonyl (C=O) groups excluding carboxylic acids is 1. The molecule has 0 spiro atoms. The van der Waals surface area contributed by atoms with Gasteiger partial charge in [0.05, 0.1) is 11.8 Å². The van der Waals surface area contributed by atoms with Gasteiger partial charge in [-0.05, 0) is 5.92 Å². The Bertz CT molecular complexity index is 361. The van der Waals surface area contributed by atoms with Crippen LogP contribution in [0.3, 0.4) is 0 Å². The highest BCUT2D eigenvalue weighted by Crippen LogP contribution is 2.08. The molecule has 6 heteroatoms. The van der Waals surface area contributed by atoms with E-state index in [9.17, 15) is 9.59 Å². The van der Waals surface area contributed by atoms with Gasteiger partial charge in [0.2, 0.25) is 0 Å². The lowest BCUT2D eigenvalue weighted by molar-refractivity contribution is -0.140. The minimum atomic E-state index is -1.02. The predicted molar refractivity (Wildman–Crippen MR) is 56.9 cm³/mol. The SMILES string of the molecule is CCC(C)[C@H](NC(=O)c1cn[nH]c1)C(=O)O. The number of aliphatic carboxylic acids is 1. The van der Waals surface area contributed by atoms with E-state index in [0.717, 1.165) is 0 Å². The third-order valence-corrected chi connectivity index (χ3v) is 2.53. The van der Waals surface area contributed by atoms with Crippen LogP contribution in [-0.2, 0) is 4.79 Å². The summed E-state index contributed by atoms with van der Waals surface area (Å²) in [4.78, 5) is 22.6. The van der Waals surface area contributed by atoms with E-state index in [-0.39, 0.29) is 5.92 Å². The van der Waals surface area contributed by atoms with Gasteiger partial charge in [-0.3, -0.25) is 9.89 Å². The second-order valence-corrected chi connectivity index (χ2v) is 3.66. The van der Waals surface area contributed by atoms with Gasteiger partial charge in [-0.2, -0.15) is 5.10 Å². The van der Waals surface area contributed by atoms with Crippen LogP contribution in [-0.4, -0.2) is 33.2 Å². The summed E-state index contributed by atoms with van der Waals surface area (Å²) in [6, 6.07) is -0.868. The fourth-order valence-electron chi connectivity index (χ4n) is 1.28. The second kappa shape index (κ2) is 5.29. The Balaban J connectivity index is 2.69. The molecule has 0 saturated carbocycles. The van der Waals surface area contributed by atoms with Gasteiger partial charge in [0.1, 0.15) is 6.04 Å². The van der Waals surface area contributed by atoms with Crippen molar-refractivity contribution in [3.63, 3.8) is 0 Å². The molecule has 3 N–H and O–H groups in total. The van der Waals surface area contributed by atoms with Crippen molar-refractivity contribution >= 4 is 11.9 Å². The minimum absolute atomic E-state index is 0.117. The number of aromatic nitrogens is 2. The van der Waals surface area contributed by atoms with Crippen LogP contribution < -0.4 is 5.32 Å². The number of amides is 1. The topological polar surface area (TPSA) is 95.1 Å². The van der Waals surface area contributed by atoms with Crippen molar-refractivity contribution in [2.75, 3.05) is 0 Å². The molecule has 0 aliphatic rings. The number of carboxylic acids is 1. The summed E-state index contributed by atoms with van der Waals surface area (Å²) in [6.45, 7) is 3.67. The van der Waals surface area contributed by atoms with Gasteiger partial charge < -0.3 is 10.4 Å². The van der Waals surface area contributed by atoms with Crippen molar-refractivity contribution in [1.82, 2.24) is 15.5 Å². The first-order valence-corrected chi connectivity index (χ1v) is 5.08. The van der Waals surface area contributed by atoms with E-state index in [4.69, 9.17) is 5.11 Å². The maximum atomic E-state index is 11.6. The van der Waals surface area contributed by atoms with Gasteiger partial charge in [0.15, 0.2) is 0 Å². The highest BCUT2D eigenvalue weighted by Gasteiger charge is 2.25. The predicted octanol–water partition coefficient (Wildman–Crippen LogP) is 0.639. The van der Waals surface area contributed by atoms with Crippen molar-refractivity contribution in [3.05, 3.63) is 18.0 Å². The van der Waals surface area contributed by atoms with Gasteiger partial charge in [0.25, 0.3) is 5.91 Å². The fraction of sp³-hybridized carbons (Fsp3) is 0.500. The molecule has 0 radical (unpaired) electrons. The minimum Gasteiger partial charge on any atom is -0.480 e. The molecule has 0 aliphatic carbocycles. The highest BCUT2D eigenvalue weighted by atomic mass is 16.4. The number of H-pyrrole nitrogens is 1. The molecule has 0 aliphatic heterocycles. The molecule has 0 aromatic carbocycles. The zero-order valence-corrected chi connectivity index (χ0v) is 9.23. The summed E-state index contributed by atoms with van der Waals surface area (Å²) < 4.78 is 0. The third-order valence-electron chi connectivity index (χ3n) is 2.53. The molecule has 1 rings (SSSR count). The first-order chi connectivity index (χ1) is 7.56. The van der Waals surface area contributed by atoms with Crippen LogP contribution in [0.4, 0.5) is 0 Å². The average molecular weight is 225 g/mol. The first-order valence-electron chi connectivity index (χ1n) is 5.08. The van der Waals surface area contributed by atoms with E-state index in [1.807, 2.05) is 6.92 Å². The Hall–Kier alpha value is -1.85. The molecule has 2 atom stereocenters. The van der Waals surface area contributed by atoms with E-state index in [1.54, 1.807) is 6.92 Å². The number of hydrogen-bond donors (Lipinski definition) is 3. The standard InChI is InChI=1S/C10H15N3O3/c1-3-6(2)8(10(15)16)13-9(14)7-4-11-12-5-7/h4-6,8H,3H2,1-2H3,(H,11,12)(H,13,14)(H,15,16)/t6?,8-/m0/s1. The normalized spacial score (nSPS) is 14.1. The summed E-state index contributed by atoms with van der Waals surface area (Å²) in [6.07, 6.45) is 3.46. The molecule has 0 bridgehead atoms. The van der Waals surface area contributed by atoms with E-state index in [1.165, 1.54) is 12.4 Å². The van der Waals surface area contributed by atoms with Gasteiger partial charge in [-0.25, -0.2) is 4.79 Å². The molecule has 0 saturated heterocycles. The molecule has 1 heterocycles. The summed E-state index contributed by atoms with van der Waals surface area (Å²) in [7, 11) is 0. The number of carbonyl (C=O) groups is 2. The van der Waals surface area contributed by atoms with Gasteiger partial charge in [-0.1, -0.05) is 20.3 Å². The number of rotatable bonds is 5. The third kappa shape index (κ3) is 2.82. The van der Waals surface area contributed by atoms with Crippen molar-refractivity contribution in [2.24, 2.45) is 5.92 Å². The highest BCUT2D eigenvalue weighted by molar-refractivity contribution is 5.96. The Morgan fingerprint density at radius 1 is 1.62 bits per heavy atom. The molecule has 0 fully saturated rings. The first kappa shape index (κ1) is 12.2. The lowest BCUT2D eigenvalue weighted by Gasteiger charge is -2.19. The van der Waals surface area contributed by atoms with Crippen LogP contribution in [0.15, 0.2) is 12.4 Å². The zero-order chi connectivity index (χ0) is 12.1. The van der Waals surface area contributed by atoms with Gasteiger partial charge >= 0.3 is 5.97 Å². The summed E-state index contributed by atoms with van der Waals surface area (Å²) in [5, 5.41) is 17.6. The van der Waals surface area contributed by atoms with Crippen LogP contribution in [0, 0.1) is 5.92 Å². The van der Waals surface area contributed by atoms with Crippen molar-refractivity contribution in [2.45, 2.75) is 26.3 Å². The van der Waals surface area contributed by atoms with E-state index in [0.29, 0.717) is 12.0 Å². The summed E-state index contributed by atoms with van der Waals surface area (Å²) in [5.41, 5.74) is 0.328. The molecule has 6 nitrogen and oxygen atoms in total. The lowest BCUT2D eigenvalue weighted by atomic mass is 9.99. The van der Waals surface area contributed by atoms with E-state index < -0.39 is 17.9 Å². The Kier molecular flexibility index (Phi) is 4.04. The largest absolute Gasteiger partial charge is 0.480 e. The number of nitrogens with one attached hydrogen (secondary N) is 2. The van der Waals surface area contributed by atoms with Crippen molar-refractivity contribution < 1.29 is 14.7 Å². The average Bonchev–Trinajstić information content (AvgIpc) is 2.77. The fourth-order valence-corrected chi connectivity index (χ4v) is 1.28. The van der Waals surface area contributed by atoms with Crippen molar-refractivity contribution in [1.29, 1.82) is 0 Å².